The predicted molar refractivity (Wildman–Crippen MR) is 75.8 cm³/mol. The second-order valence-electron chi connectivity index (χ2n) is 5.56. The highest BCUT2D eigenvalue weighted by atomic mass is 15.3. The molecule has 1 atom stereocenters. The zero-order valence-electron chi connectivity index (χ0n) is 11.6. The molecule has 1 unspecified atom stereocenters. The van der Waals surface area contributed by atoms with Crippen LogP contribution in [0.25, 0.3) is 11.4 Å². The summed E-state index contributed by atoms with van der Waals surface area (Å²) in [6, 6.07) is 6.54. The average Bonchev–Trinajstić information content (AvgIpc) is 2.80. The van der Waals surface area contributed by atoms with Crippen molar-refractivity contribution in [3.8, 4) is 11.4 Å². The number of rotatable bonds is 2. The van der Waals surface area contributed by atoms with E-state index < -0.39 is 0 Å². The van der Waals surface area contributed by atoms with Gasteiger partial charge in [0.1, 0.15) is 5.82 Å². The van der Waals surface area contributed by atoms with E-state index in [1.165, 1.54) is 16.7 Å². The van der Waals surface area contributed by atoms with Crippen molar-refractivity contribution in [3.63, 3.8) is 0 Å². The molecule has 1 aliphatic heterocycles. The molecule has 4 nitrogen and oxygen atoms in total. The topological polar surface area (TPSA) is 56.7 Å². The van der Waals surface area contributed by atoms with Gasteiger partial charge in [-0.25, -0.2) is 0 Å². The van der Waals surface area contributed by atoms with Gasteiger partial charge in [0.25, 0.3) is 0 Å². The molecule has 19 heavy (non-hydrogen) atoms. The van der Waals surface area contributed by atoms with Crippen molar-refractivity contribution in [1.29, 1.82) is 0 Å². The zero-order valence-corrected chi connectivity index (χ0v) is 11.6. The summed E-state index contributed by atoms with van der Waals surface area (Å²) in [5, 5.41) is 8.74. The lowest BCUT2D eigenvalue weighted by molar-refractivity contribution is 0.391. The van der Waals surface area contributed by atoms with Crippen molar-refractivity contribution in [2.24, 2.45) is 11.7 Å². The predicted octanol–water partition coefficient (Wildman–Crippen LogP) is 2.08. The van der Waals surface area contributed by atoms with Crippen LogP contribution in [0.1, 0.15) is 23.4 Å². The third-order valence-corrected chi connectivity index (χ3v) is 3.87. The fourth-order valence-corrected chi connectivity index (χ4v) is 2.91. The summed E-state index contributed by atoms with van der Waals surface area (Å²) in [6.45, 7) is 5.96. The largest absolute Gasteiger partial charge is 0.330 e. The van der Waals surface area contributed by atoms with Crippen molar-refractivity contribution in [1.82, 2.24) is 14.8 Å². The third kappa shape index (κ3) is 2.28. The van der Waals surface area contributed by atoms with E-state index in [1.807, 2.05) is 0 Å². The molecule has 1 aromatic carbocycles. The normalized spacial score (nSPS) is 18.4. The number of hydrogen-bond donors (Lipinski definition) is 1. The lowest BCUT2D eigenvalue weighted by Crippen LogP contribution is -2.25. The third-order valence-electron chi connectivity index (χ3n) is 3.87. The summed E-state index contributed by atoms with van der Waals surface area (Å²) >= 11 is 0. The maximum atomic E-state index is 5.76. The number of benzene rings is 1. The van der Waals surface area contributed by atoms with Crippen LogP contribution in [0.3, 0.4) is 0 Å². The Morgan fingerprint density at radius 2 is 1.95 bits per heavy atom. The van der Waals surface area contributed by atoms with Crippen LogP contribution < -0.4 is 5.73 Å². The Morgan fingerprint density at radius 1 is 1.21 bits per heavy atom. The Kier molecular flexibility index (Phi) is 3.11. The maximum Gasteiger partial charge on any atom is 0.163 e. The van der Waals surface area contributed by atoms with E-state index in [0.717, 1.165) is 37.6 Å². The number of aromatic nitrogens is 3. The highest BCUT2D eigenvalue weighted by Crippen LogP contribution is 2.26. The average molecular weight is 256 g/mol. The van der Waals surface area contributed by atoms with E-state index >= 15 is 0 Å². The van der Waals surface area contributed by atoms with Crippen LogP contribution in [-0.2, 0) is 13.0 Å². The SMILES string of the molecule is Cc1cc(C)cc(-c2nnc3n2CCC(CN)C3)c1. The van der Waals surface area contributed by atoms with E-state index in [4.69, 9.17) is 5.73 Å². The lowest BCUT2D eigenvalue weighted by atomic mass is 9.98. The number of nitrogens with two attached hydrogens (primary N) is 1. The van der Waals surface area contributed by atoms with E-state index in [9.17, 15) is 0 Å². The molecule has 2 heterocycles. The van der Waals surface area contributed by atoms with Gasteiger partial charge in [-0.05, 0) is 44.9 Å². The molecule has 0 saturated heterocycles. The van der Waals surface area contributed by atoms with Crippen molar-refractivity contribution < 1.29 is 0 Å². The molecule has 0 spiro atoms. The summed E-state index contributed by atoms with van der Waals surface area (Å²) in [5.41, 5.74) is 9.46. The summed E-state index contributed by atoms with van der Waals surface area (Å²) in [6.07, 6.45) is 2.08. The Balaban J connectivity index is 2.01. The van der Waals surface area contributed by atoms with Crippen molar-refractivity contribution in [3.05, 3.63) is 35.2 Å². The Morgan fingerprint density at radius 3 is 2.63 bits per heavy atom. The molecule has 0 amide bonds. The molecular weight excluding hydrogens is 236 g/mol. The minimum atomic E-state index is 0.559. The molecule has 1 aromatic heterocycles. The van der Waals surface area contributed by atoms with Gasteiger partial charge in [0.05, 0.1) is 0 Å². The minimum Gasteiger partial charge on any atom is -0.330 e. The quantitative estimate of drug-likeness (QED) is 0.895. The Hall–Kier alpha value is -1.68. The van der Waals surface area contributed by atoms with Gasteiger partial charge in [0.15, 0.2) is 5.82 Å². The Labute approximate surface area is 113 Å². The van der Waals surface area contributed by atoms with Crippen molar-refractivity contribution >= 4 is 0 Å². The first kappa shape index (κ1) is 12.4. The summed E-state index contributed by atoms with van der Waals surface area (Å²) in [7, 11) is 0. The second kappa shape index (κ2) is 4.78. The molecule has 100 valence electrons. The molecule has 3 rings (SSSR count). The van der Waals surface area contributed by atoms with Crippen molar-refractivity contribution in [2.75, 3.05) is 6.54 Å². The fourth-order valence-electron chi connectivity index (χ4n) is 2.91. The zero-order chi connectivity index (χ0) is 13.4. The van der Waals surface area contributed by atoms with E-state index in [-0.39, 0.29) is 0 Å². The molecular formula is C15H20N4. The molecule has 1 aliphatic rings. The summed E-state index contributed by atoms with van der Waals surface area (Å²) < 4.78 is 2.25. The Bertz CT molecular complexity index is 580. The summed E-state index contributed by atoms with van der Waals surface area (Å²) in [5.74, 6) is 2.64. The number of hydrogen-bond acceptors (Lipinski definition) is 3. The van der Waals surface area contributed by atoms with Crippen LogP contribution >= 0.6 is 0 Å². The fraction of sp³-hybridized carbons (Fsp3) is 0.467. The van der Waals surface area contributed by atoms with Gasteiger partial charge in [-0.1, -0.05) is 17.2 Å². The number of aryl methyl sites for hydroxylation is 2. The van der Waals surface area contributed by atoms with Gasteiger partial charge in [-0.2, -0.15) is 0 Å². The van der Waals surface area contributed by atoms with Crippen LogP contribution in [-0.4, -0.2) is 21.3 Å². The van der Waals surface area contributed by atoms with Crippen LogP contribution in [0.15, 0.2) is 18.2 Å². The molecule has 0 bridgehead atoms. The lowest BCUT2D eigenvalue weighted by Gasteiger charge is -2.22. The van der Waals surface area contributed by atoms with E-state index in [0.29, 0.717) is 5.92 Å². The van der Waals surface area contributed by atoms with E-state index in [1.54, 1.807) is 0 Å². The molecule has 0 radical (unpaired) electrons. The molecule has 0 saturated carbocycles. The van der Waals surface area contributed by atoms with Crippen LogP contribution in [0.2, 0.25) is 0 Å². The first-order valence-electron chi connectivity index (χ1n) is 6.88. The van der Waals surface area contributed by atoms with Gasteiger partial charge in [0.2, 0.25) is 0 Å². The summed E-state index contributed by atoms with van der Waals surface area (Å²) in [4.78, 5) is 0. The molecule has 4 heteroatoms. The van der Waals surface area contributed by atoms with Gasteiger partial charge >= 0.3 is 0 Å². The number of nitrogens with zero attached hydrogens (tertiary/aromatic N) is 3. The molecule has 2 N–H and O–H groups in total. The standard InChI is InChI=1S/C15H20N4/c1-10-5-11(2)7-13(6-10)15-18-17-14-8-12(9-16)3-4-19(14)15/h5-7,12H,3-4,8-9,16H2,1-2H3. The van der Waals surface area contributed by atoms with Gasteiger partial charge in [0, 0.05) is 18.5 Å². The highest BCUT2D eigenvalue weighted by molar-refractivity contribution is 5.58. The smallest absolute Gasteiger partial charge is 0.163 e. The van der Waals surface area contributed by atoms with Gasteiger partial charge in [-0.3, -0.25) is 0 Å². The second-order valence-corrected chi connectivity index (χ2v) is 5.56. The molecule has 2 aromatic rings. The van der Waals surface area contributed by atoms with Crippen molar-refractivity contribution in [2.45, 2.75) is 33.2 Å². The van der Waals surface area contributed by atoms with Crippen LogP contribution in [0.4, 0.5) is 0 Å². The minimum absolute atomic E-state index is 0.559. The van der Waals surface area contributed by atoms with Crippen LogP contribution in [0, 0.1) is 19.8 Å². The van der Waals surface area contributed by atoms with E-state index in [2.05, 4.69) is 46.8 Å². The maximum absolute atomic E-state index is 5.76. The highest BCUT2D eigenvalue weighted by Gasteiger charge is 2.22. The molecule has 0 fully saturated rings. The van der Waals surface area contributed by atoms with Gasteiger partial charge < -0.3 is 10.3 Å². The van der Waals surface area contributed by atoms with Gasteiger partial charge in [-0.15, -0.1) is 10.2 Å². The first-order valence-corrected chi connectivity index (χ1v) is 6.88. The number of fused-ring (bicyclic) bond motifs is 1. The first-order chi connectivity index (χ1) is 9.17. The molecule has 0 aliphatic carbocycles. The monoisotopic (exact) mass is 256 g/mol. The van der Waals surface area contributed by atoms with Crippen LogP contribution in [0.5, 0.6) is 0 Å².